The molecule has 0 atom stereocenters. The van der Waals surface area contributed by atoms with Crippen molar-refractivity contribution in [3.05, 3.63) is 30.1 Å². The van der Waals surface area contributed by atoms with Crippen LogP contribution in [-0.2, 0) is 43.2 Å². The fourth-order valence-electron chi connectivity index (χ4n) is 0.815. The van der Waals surface area contributed by atoms with Gasteiger partial charge in [-0.1, -0.05) is 0 Å². The lowest BCUT2D eigenvalue weighted by molar-refractivity contribution is 1.13. The van der Waals surface area contributed by atoms with Gasteiger partial charge in [-0.25, -0.2) is 0 Å². The van der Waals surface area contributed by atoms with E-state index in [0.717, 1.165) is 12.6 Å². The maximum absolute atomic E-state index is 5.01. The summed E-state index contributed by atoms with van der Waals surface area (Å²) in [6, 6.07) is 3.94. The Bertz CT molecular complexity index is 234. The van der Waals surface area contributed by atoms with Gasteiger partial charge in [0.05, 0.1) is 0 Å². The molecule has 1 aromatic heterocycles. The highest BCUT2D eigenvalue weighted by molar-refractivity contribution is 8.96. The third-order valence-electron chi connectivity index (χ3n) is 1.42. The van der Waals surface area contributed by atoms with Crippen LogP contribution in [0.2, 0.25) is 0 Å². The van der Waals surface area contributed by atoms with Crippen molar-refractivity contribution in [3.8, 4) is 0 Å². The highest BCUT2D eigenvalue weighted by Crippen LogP contribution is 2.51. The average molecular weight is 233 g/mol. The second-order valence-corrected chi connectivity index (χ2v) is 11.8. The van der Waals surface area contributed by atoms with E-state index in [-0.39, 0.29) is 0 Å². The maximum Gasteiger partial charge on any atom is 0.0270 e. The van der Waals surface area contributed by atoms with Crippen LogP contribution in [0.1, 0.15) is 5.56 Å². The number of aromatic nitrogens is 1. The zero-order valence-corrected chi connectivity index (χ0v) is 9.69. The van der Waals surface area contributed by atoms with Crippen LogP contribution in [0, 0.1) is 0 Å². The summed E-state index contributed by atoms with van der Waals surface area (Å²) in [5.41, 5.74) is 1.22. The molecule has 0 aliphatic carbocycles. The fourth-order valence-corrected chi connectivity index (χ4v) is 2.17. The zero-order valence-electron chi connectivity index (χ0n) is 6.34. The molecule has 0 fully saturated rings. The second-order valence-electron chi connectivity index (χ2n) is 2.44. The van der Waals surface area contributed by atoms with Crippen LogP contribution in [0.5, 0.6) is 0 Å². The van der Waals surface area contributed by atoms with E-state index in [9.17, 15) is 0 Å². The first kappa shape index (κ1) is 10.7. The number of pyridine rings is 1. The van der Waals surface area contributed by atoms with Gasteiger partial charge in [0.15, 0.2) is 0 Å². The molecule has 0 amide bonds. The maximum atomic E-state index is 5.01. The van der Waals surface area contributed by atoms with Crippen molar-refractivity contribution in [3.63, 3.8) is 0 Å². The summed E-state index contributed by atoms with van der Waals surface area (Å²) in [4.78, 5) is 2.07. The van der Waals surface area contributed by atoms with Gasteiger partial charge in [-0.2, -0.15) is 0 Å². The molecule has 0 radical (unpaired) electrons. The molecule has 66 valence electrons. The second kappa shape index (κ2) is 4.75. The van der Waals surface area contributed by atoms with Gasteiger partial charge in [0.25, 0.3) is 0 Å². The van der Waals surface area contributed by atoms with Gasteiger partial charge in [0, 0.05) is 25.0 Å². The molecule has 5 heteroatoms. The summed E-state index contributed by atoms with van der Waals surface area (Å²) in [5, 5.41) is 0. The third kappa shape index (κ3) is 4.61. The van der Waals surface area contributed by atoms with Gasteiger partial charge in [-0.05, 0) is 17.7 Å². The lowest BCUT2D eigenvalue weighted by Crippen LogP contribution is -1.94. The van der Waals surface area contributed by atoms with E-state index in [1.807, 2.05) is 12.1 Å². The van der Waals surface area contributed by atoms with E-state index >= 15 is 0 Å². The van der Waals surface area contributed by atoms with E-state index in [1.165, 1.54) is 5.56 Å². The van der Waals surface area contributed by atoms with Crippen LogP contribution in [0.3, 0.4) is 0 Å². The first-order valence-corrected chi connectivity index (χ1v) is 8.49. The molecule has 0 saturated heterocycles. The summed E-state index contributed by atoms with van der Waals surface area (Å²) < 4.78 is 0. The molecule has 0 spiro atoms. The van der Waals surface area contributed by atoms with Crippen molar-refractivity contribution >= 4 is 41.6 Å². The van der Waals surface area contributed by atoms with Gasteiger partial charge < -0.3 is 41.6 Å². The Labute approximate surface area is 89.2 Å². The van der Waals surface area contributed by atoms with Gasteiger partial charge in [-0.15, -0.1) is 0 Å². The predicted octanol–water partition coefficient (Wildman–Crippen LogP) is 2.03. The summed E-state index contributed by atoms with van der Waals surface area (Å²) in [6.07, 6.45) is 5.22. The Morgan fingerprint density at radius 3 is 2.25 bits per heavy atom. The Kier molecular flexibility index (Phi) is 4.24. The predicted molar refractivity (Wildman–Crippen MR) is 61.8 cm³/mol. The van der Waals surface area contributed by atoms with Crippen molar-refractivity contribution in [1.82, 2.24) is 4.98 Å². The molecule has 1 rings (SSSR count). The largest absolute Gasteiger partial charge is 0.601 e. The minimum absolute atomic E-state index is 0.789. The van der Waals surface area contributed by atoms with Crippen LogP contribution in [0.15, 0.2) is 24.5 Å². The molecule has 0 unspecified atom stereocenters. The quantitative estimate of drug-likeness (QED) is 0.585. The van der Waals surface area contributed by atoms with Crippen molar-refractivity contribution in [1.29, 1.82) is 0 Å². The molecular formula is C7H8NPS3-2. The zero-order chi connectivity index (χ0) is 9.03. The van der Waals surface area contributed by atoms with Gasteiger partial charge in [0.1, 0.15) is 0 Å². The lowest BCUT2D eigenvalue weighted by Gasteiger charge is -2.48. The Morgan fingerprint density at radius 2 is 1.75 bits per heavy atom. The van der Waals surface area contributed by atoms with E-state index in [1.54, 1.807) is 12.4 Å². The molecule has 1 nitrogen and oxygen atoms in total. The van der Waals surface area contributed by atoms with E-state index in [2.05, 4.69) is 4.98 Å². The molecule has 0 aliphatic heterocycles. The van der Waals surface area contributed by atoms with Crippen LogP contribution in [-0.4, -0.2) is 11.1 Å². The minimum atomic E-state index is -1.85. The monoisotopic (exact) mass is 233 g/mol. The highest BCUT2D eigenvalue weighted by atomic mass is 33.4. The number of hydrogen-bond acceptors (Lipinski definition) is 4. The Balaban J connectivity index is 2.44. The van der Waals surface area contributed by atoms with Crippen molar-refractivity contribution in [2.75, 3.05) is 6.16 Å². The first-order chi connectivity index (χ1) is 5.58. The summed E-state index contributed by atoms with van der Waals surface area (Å²) in [7, 11) is 0. The SMILES string of the molecule is [S-][P+]([S-])([S-])CCc1ccncc1. The Morgan fingerprint density at radius 1 is 1.17 bits per heavy atom. The summed E-state index contributed by atoms with van der Waals surface area (Å²) >= 11 is 15.0. The molecular weight excluding hydrogens is 225 g/mol. The van der Waals surface area contributed by atoms with E-state index < -0.39 is 4.87 Å². The van der Waals surface area contributed by atoms with Crippen molar-refractivity contribution in [2.24, 2.45) is 0 Å². The lowest BCUT2D eigenvalue weighted by atomic mass is 10.2. The normalized spacial score (nSPS) is 11.6. The molecule has 0 N–H and O–H groups in total. The topological polar surface area (TPSA) is 12.9 Å². The first-order valence-electron chi connectivity index (χ1n) is 3.48. The third-order valence-corrected chi connectivity index (χ3v) is 3.84. The molecule has 0 aromatic carbocycles. The molecule has 0 bridgehead atoms. The van der Waals surface area contributed by atoms with Crippen LogP contribution in [0.25, 0.3) is 0 Å². The molecule has 0 aliphatic rings. The molecule has 1 heterocycles. The summed E-state index contributed by atoms with van der Waals surface area (Å²) in [5.74, 6) is 0. The number of aryl methyl sites for hydroxylation is 1. The van der Waals surface area contributed by atoms with Gasteiger partial charge >= 0.3 is 0 Å². The summed E-state index contributed by atoms with van der Waals surface area (Å²) in [6.45, 7) is 0. The van der Waals surface area contributed by atoms with Crippen molar-refractivity contribution < 1.29 is 0 Å². The number of hydrogen-bond donors (Lipinski definition) is 0. The standard InChI is InChI=1S/C7H10NPS3/c10-9(11,12)6-3-7-1-4-8-5-2-7/h1-2,4-5H,3,6H2,(H2,10,11,12)/p-2. The van der Waals surface area contributed by atoms with E-state index in [0.29, 0.717) is 0 Å². The van der Waals surface area contributed by atoms with E-state index in [4.69, 9.17) is 36.7 Å². The molecule has 0 saturated carbocycles. The van der Waals surface area contributed by atoms with Crippen molar-refractivity contribution in [2.45, 2.75) is 6.42 Å². The van der Waals surface area contributed by atoms with Gasteiger partial charge in [0.2, 0.25) is 0 Å². The Hall–Kier alpha value is 0.630. The van der Waals surface area contributed by atoms with Crippen LogP contribution in [0.4, 0.5) is 0 Å². The smallest absolute Gasteiger partial charge is 0.0270 e. The average Bonchev–Trinajstić information content (AvgIpc) is 2.02. The highest BCUT2D eigenvalue weighted by Gasteiger charge is 1.93. The minimum Gasteiger partial charge on any atom is -0.601 e. The molecule has 1 aromatic rings. The number of nitrogens with zero attached hydrogens (tertiary/aromatic N) is 1. The van der Waals surface area contributed by atoms with Crippen LogP contribution >= 0.6 is 4.87 Å². The molecule has 12 heavy (non-hydrogen) atoms. The number of rotatable bonds is 3. The fraction of sp³-hybridized carbons (Fsp3) is 0.286. The van der Waals surface area contributed by atoms with Gasteiger partial charge in [-0.3, -0.25) is 4.98 Å². The van der Waals surface area contributed by atoms with Crippen LogP contribution < -0.4 is 0 Å².